The maximum absolute atomic E-state index is 8.84. The summed E-state index contributed by atoms with van der Waals surface area (Å²) in [6.45, 7) is 15.1. The van der Waals surface area contributed by atoms with Crippen LogP contribution < -0.4 is 0 Å². The molecule has 0 heterocycles. The molecule has 0 aliphatic carbocycles. The standard InChI is InChI=1S/C45H33N3/c1-4-12-33(5-2)44(30-19-32-13-7-6-8-14-32)48-45(46)37-26-24-36(25-27-37)41-29-28-40(42-17-9-10-18-43(41)42)35-22-20-34(21-23-35)38-15-11-16-39(31-38)47-3/h4-31,46H,1-2H2/b30-19+,33-12+,46-45?,48-44?. The monoisotopic (exact) mass is 615 g/mol. The zero-order valence-electron chi connectivity index (χ0n) is 26.5. The van der Waals surface area contributed by atoms with E-state index >= 15 is 0 Å². The van der Waals surface area contributed by atoms with Crippen molar-refractivity contribution in [1.29, 1.82) is 5.41 Å². The lowest BCUT2D eigenvalue weighted by Gasteiger charge is -2.13. The Morgan fingerprint density at radius 1 is 0.646 bits per heavy atom. The molecule has 0 bridgehead atoms. The van der Waals surface area contributed by atoms with Gasteiger partial charge in [0.2, 0.25) is 0 Å². The Hall–Kier alpha value is -6.63. The molecule has 0 saturated carbocycles. The highest BCUT2D eigenvalue weighted by Gasteiger charge is 2.11. The molecule has 0 fully saturated rings. The second kappa shape index (κ2) is 14.6. The van der Waals surface area contributed by atoms with E-state index in [0.29, 0.717) is 17.0 Å². The van der Waals surface area contributed by atoms with Crippen molar-refractivity contribution in [3.05, 3.63) is 205 Å². The van der Waals surface area contributed by atoms with Crippen molar-refractivity contribution in [2.24, 2.45) is 4.99 Å². The van der Waals surface area contributed by atoms with Crippen LogP contribution in [0.5, 0.6) is 0 Å². The van der Waals surface area contributed by atoms with Crippen LogP contribution in [-0.4, -0.2) is 11.5 Å². The summed E-state index contributed by atoms with van der Waals surface area (Å²) in [6, 6.07) is 47.1. The van der Waals surface area contributed by atoms with Crippen molar-refractivity contribution in [2.45, 2.75) is 0 Å². The Kier molecular flexibility index (Phi) is 9.57. The first-order valence-electron chi connectivity index (χ1n) is 15.6. The predicted molar refractivity (Wildman–Crippen MR) is 205 cm³/mol. The van der Waals surface area contributed by atoms with E-state index in [0.717, 1.165) is 49.9 Å². The van der Waals surface area contributed by atoms with E-state index in [1.165, 1.54) is 5.39 Å². The topological polar surface area (TPSA) is 40.6 Å². The number of nitrogens with zero attached hydrogens (tertiary/aromatic N) is 2. The van der Waals surface area contributed by atoms with Gasteiger partial charge in [-0.1, -0.05) is 171 Å². The van der Waals surface area contributed by atoms with Crippen molar-refractivity contribution in [2.75, 3.05) is 0 Å². The third-order valence-electron chi connectivity index (χ3n) is 8.18. The van der Waals surface area contributed by atoms with Crippen LogP contribution in [0.2, 0.25) is 0 Å². The van der Waals surface area contributed by atoms with Crippen molar-refractivity contribution < 1.29 is 0 Å². The van der Waals surface area contributed by atoms with Crippen LogP contribution in [0.1, 0.15) is 11.1 Å². The first kappa shape index (κ1) is 31.4. The molecule has 0 atom stereocenters. The summed E-state index contributed by atoms with van der Waals surface area (Å²) in [5.74, 6) is 0.163. The Balaban J connectivity index is 1.29. The first-order chi connectivity index (χ1) is 23.6. The molecule has 0 saturated heterocycles. The second-order valence-corrected chi connectivity index (χ2v) is 11.2. The number of aliphatic imine (C=N–C) groups is 1. The zero-order valence-corrected chi connectivity index (χ0v) is 26.5. The molecular weight excluding hydrogens is 583 g/mol. The highest BCUT2D eigenvalue weighted by Crippen LogP contribution is 2.36. The van der Waals surface area contributed by atoms with Gasteiger partial charge in [0.05, 0.1) is 12.3 Å². The number of hydrogen-bond acceptors (Lipinski definition) is 1. The van der Waals surface area contributed by atoms with Crippen LogP contribution in [-0.2, 0) is 0 Å². The van der Waals surface area contributed by atoms with Gasteiger partial charge in [-0.15, -0.1) is 0 Å². The van der Waals surface area contributed by atoms with Gasteiger partial charge < -0.3 is 0 Å². The van der Waals surface area contributed by atoms with Gasteiger partial charge in [-0.2, -0.15) is 0 Å². The van der Waals surface area contributed by atoms with Gasteiger partial charge in [0, 0.05) is 5.56 Å². The van der Waals surface area contributed by atoms with E-state index in [9.17, 15) is 0 Å². The van der Waals surface area contributed by atoms with Crippen LogP contribution >= 0.6 is 0 Å². The summed E-state index contributed by atoms with van der Waals surface area (Å²) in [5.41, 5.74) is 10.4. The van der Waals surface area contributed by atoms with E-state index in [1.807, 2.05) is 85.0 Å². The molecule has 0 radical (unpaired) electrons. The molecule has 0 unspecified atom stereocenters. The third-order valence-corrected chi connectivity index (χ3v) is 8.18. The number of fused-ring (bicyclic) bond motifs is 1. The van der Waals surface area contributed by atoms with E-state index in [4.69, 9.17) is 17.0 Å². The minimum Gasteiger partial charge on any atom is -0.282 e. The highest BCUT2D eigenvalue weighted by atomic mass is 14.8. The maximum atomic E-state index is 8.84. The zero-order chi connectivity index (χ0) is 33.3. The number of hydrogen-bond donors (Lipinski definition) is 1. The smallest absolute Gasteiger partial charge is 0.187 e. The van der Waals surface area contributed by atoms with Crippen molar-refractivity contribution >= 4 is 34.1 Å². The fourth-order valence-corrected chi connectivity index (χ4v) is 5.71. The summed E-state index contributed by atoms with van der Waals surface area (Å²) >= 11 is 0. The number of amidine groups is 1. The molecule has 3 nitrogen and oxygen atoms in total. The van der Waals surface area contributed by atoms with Crippen LogP contribution in [0.25, 0.3) is 55.1 Å². The fourth-order valence-electron chi connectivity index (χ4n) is 5.71. The fraction of sp³-hybridized carbons (Fsp3) is 0. The maximum Gasteiger partial charge on any atom is 0.187 e. The van der Waals surface area contributed by atoms with Crippen molar-refractivity contribution in [3.8, 4) is 33.4 Å². The van der Waals surface area contributed by atoms with Gasteiger partial charge in [-0.3, -0.25) is 5.41 Å². The SMILES string of the molecule is [C-]#[N+]c1cccc(-c2ccc(-c3ccc(-c4ccc(C(=N)N=C(/C=C/c5ccccc5)/C(C=C)=C/C=C)cc4)c4ccccc34)cc2)c1. The van der Waals surface area contributed by atoms with Gasteiger partial charge in [0.15, 0.2) is 11.5 Å². The molecule has 48 heavy (non-hydrogen) atoms. The molecule has 0 aliphatic rings. The third kappa shape index (κ3) is 6.94. The van der Waals surface area contributed by atoms with Crippen LogP contribution in [0.4, 0.5) is 5.69 Å². The largest absolute Gasteiger partial charge is 0.282 e. The minimum atomic E-state index is 0.163. The molecule has 3 heteroatoms. The molecule has 6 aromatic carbocycles. The Morgan fingerprint density at radius 3 is 1.85 bits per heavy atom. The Morgan fingerprint density at radius 2 is 1.25 bits per heavy atom. The summed E-state index contributed by atoms with van der Waals surface area (Å²) < 4.78 is 0. The quantitative estimate of drug-likeness (QED) is 0.0728. The number of nitrogens with one attached hydrogen (secondary N) is 1. The lowest BCUT2D eigenvalue weighted by Crippen LogP contribution is -2.04. The molecule has 6 rings (SSSR count). The molecule has 0 spiro atoms. The van der Waals surface area contributed by atoms with Crippen LogP contribution in [0.15, 0.2) is 188 Å². The number of allylic oxidation sites excluding steroid dienone is 5. The minimum absolute atomic E-state index is 0.163. The molecule has 228 valence electrons. The van der Waals surface area contributed by atoms with E-state index < -0.39 is 0 Å². The van der Waals surface area contributed by atoms with Crippen LogP contribution in [0, 0.1) is 12.0 Å². The van der Waals surface area contributed by atoms with E-state index in [2.05, 4.69) is 90.8 Å². The molecular formula is C45H33N3. The normalized spacial score (nSPS) is 11.7. The molecule has 0 amide bonds. The van der Waals surface area contributed by atoms with Crippen LogP contribution in [0.3, 0.4) is 0 Å². The lowest BCUT2D eigenvalue weighted by atomic mass is 9.91. The van der Waals surface area contributed by atoms with E-state index in [1.54, 1.807) is 12.2 Å². The summed E-state index contributed by atoms with van der Waals surface area (Å²) in [4.78, 5) is 8.27. The highest BCUT2D eigenvalue weighted by molar-refractivity contribution is 6.18. The van der Waals surface area contributed by atoms with E-state index in [-0.39, 0.29) is 5.84 Å². The summed E-state index contributed by atoms with van der Waals surface area (Å²) in [7, 11) is 0. The first-order valence-corrected chi connectivity index (χ1v) is 15.6. The van der Waals surface area contributed by atoms with Gasteiger partial charge >= 0.3 is 0 Å². The summed E-state index contributed by atoms with van der Waals surface area (Å²) in [5, 5.41) is 11.2. The predicted octanol–water partition coefficient (Wildman–Crippen LogP) is 12.2. The van der Waals surface area contributed by atoms with Gasteiger partial charge in [0.25, 0.3) is 0 Å². The van der Waals surface area contributed by atoms with Gasteiger partial charge in [-0.05, 0) is 67.4 Å². The lowest BCUT2D eigenvalue weighted by molar-refractivity contribution is 1.41. The van der Waals surface area contributed by atoms with Gasteiger partial charge in [-0.25, -0.2) is 9.84 Å². The molecule has 6 aromatic rings. The van der Waals surface area contributed by atoms with Gasteiger partial charge in [0.1, 0.15) is 0 Å². The average Bonchev–Trinajstić information content (AvgIpc) is 3.15. The Labute approximate surface area is 282 Å². The van der Waals surface area contributed by atoms with Crippen molar-refractivity contribution in [3.63, 3.8) is 0 Å². The molecule has 0 aromatic heterocycles. The average molecular weight is 616 g/mol. The molecule has 1 N–H and O–H groups in total. The Bertz CT molecular complexity index is 2260. The summed E-state index contributed by atoms with van der Waals surface area (Å²) in [6.07, 6.45) is 9.16. The molecule has 0 aliphatic heterocycles. The second-order valence-electron chi connectivity index (χ2n) is 11.2. The van der Waals surface area contributed by atoms with Crippen molar-refractivity contribution in [1.82, 2.24) is 0 Å². The number of benzene rings is 6. The number of rotatable bonds is 9.